The highest BCUT2D eigenvalue weighted by Crippen LogP contribution is 2.57. The topological polar surface area (TPSA) is 6.48 Å². The van der Waals surface area contributed by atoms with Crippen molar-refractivity contribution in [3.63, 3.8) is 0 Å². The van der Waals surface area contributed by atoms with Gasteiger partial charge in [-0.2, -0.15) is 0 Å². The summed E-state index contributed by atoms with van der Waals surface area (Å²) in [6, 6.07) is 114. The Balaban J connectivity index is 0.610. The Morgan fingerprint density at radius 1 is 0.227 bits per heavy atom. The zero-order valence-corrected chi connectivity index (χ0v) is 55.0. The number of rotatable bonds is 10. The molecule has 15 aromatic carbocycles. The normalized spacial score (nSPS) is 14.7. The molecule has 0 heterocycles. The largest absolute Gasteiger partial charge is 0.310 e. The van der Waals surface area contributed by atoms with Crippen LogP contribution >= 0.6 is 0 Å². The fraction of sp³-hybridized carbons (Fsp3) is 0.0947. The van der Waals surface area contributed by atoms with Gasteiger partial charge in [0.05, 0.1) is 0 Å². The summed E-state index contributed by atoms with van der Waals surface area (Å²) in [5.74, 6) is 0. The fourth-order valence-electron chi connectivity index (χ4n) is 17.2. The van der Waals surface area contributed by atoms with Gasteiger partial charge in [-0.25, -0.2) is 0 Å². The van der Waals surface area contributed by atoms with Crippen molar-refractivity contribution in [3.05, 3.63) is 370 Å². The summed E-state index contributed by atoms with van der Waals surface area (Å²) in [5.41, 5.74) is 30.3. The van der Waals surface area contributed by atoms with Gasteiger partial charge >= 0.3 is 0 Å². The highest BCUT2D eigenvalue weighted by molar-refractivity contribution is 5.97. The van der Waals surface area contributed by atoms with Crippen LogP contribution in [0.4, 0.5) is 34.1 Å². The van der Waals surface area contributed by atoms with Crippen molar-refractivity contribution >= 4 is 102 Å². The van der Waals surface area contributed by atoms with Gasteiger partial charge in [0, 0.05) is 50.4 Å². The second-order valence-corrected chi connectivity index (χ2v) is 28.6. The highest BCUT2D eigenvalue weighted by Gasteiger charge is 2.47. The molecule has 4 aliphatic rings. The van der Waals surface area contributed by atoms with Gasteiger partial charge in [-0.15, -0.1) is 0 Å². The van der Waals surface area contributed by atoms with E-state index in [1.807, 2.05) is 0 Å². The molecule has 1 spiro atoms. The number of benzene rings is 15. The first-order valence-electron chi connectivity index (χ1n) is 34.3. The minimum absolute atomic E-state index is 0.164. The SMILES string of the molecule is CC1(C)c2cc(/C=C/c3ccc4c(c3)C3(Cc5ccccc5C3)c3cc(/C=C/c5ccc6c(c5)C(C)(C)c5cc(N(c7ccc8ccccc8c7)c7ccc8ccccc8c7)ccc5-6)ccc3-4)ccc2-c2ccc(N(c3ccc4ccccc4c3)c3ccc4ccccc4c3)cc21. The Morgan fingerprint density at radius 3 is 0.784 bits per heavy atom. The first-order chi connectivity index (χ1) is 47.5. The van der Waals surface area contributed by atoms with E-state index in [4.69, 9.17) is 0 Å². The minimum atomic E-state index is -0.223. The van der Waals surface area contributed by atoms with Gasteiger partial charge in [0.2, 0.25) is 0 Å². The molecule has 0 amide bonds. The molecule has 0 fully saturated rings. The molecule has 15 aromatic rings. The summed E-state index contributed by atoms with van der Waals surface area (Å²) in [4.78, 5) is 4.87. The van der Waals surface area contributed by atoms with Crippen LogP contribution in [-0.2, 0) is 29.1 Å². The van der Waals surface area contributed by atoms with Crippen molar-refractivity contribution in [3.8, 4) is 33.4 Å². The summed E-state index contributed by atoms with van der Waals surface area (Å²) < 4.78 is 0. The van der Waals surface area contributed by atoms with Gasteiger partial charge in [-0.1, -0.05) is 283 Å². The molecule has 19 rings (SSSR count). The Kier molecular flexibility index (Phi) is 12.8. The molecular weight excluding hydrogens is 1170 g/mol. The quantitative estimate of drug-likeness (QED) is 0.126. The predicted molar refractivity (Wildman–Crippen MR) is 412 cm³/mol. The van der Waals surface area contributed by atoms with Gasteiger partial charge < -0.3 is 9.80 Å². The number of fused-ring (bicyclic) bond motifs is 16. The molecule has 4 aliphatic carbocycles. The van der Waals surface area contributed by atoms with Crippen molar-refractivity contribution in [1.82, 2.24) is 0 Å². The molecule has 2 nitrogen and oxygen atoms in total. The monoisotopic (exact) mass is 1240 g/mol. The lowest BCUT2D eigenvalue weighted by molar-refractivity contribution is 0.563. The van der Waals surface area contributed by atoms with Crippen LogP contribution in [0.5, 0.6) is 0 Å². The molecule has 97 heavy (non-hydrogen) atoms. The van der Waals surface area contributed by atoms with E-state index >= 15 is 0 Å². The third kappa shape index (κ3) is 9.22. The van der Waals surface area contributed by atoms with Crippen molar-refractivity contribution in [2.45, 2.75) is 56.8 Å². The number of hydrogen-bond acceptors (Lipinski definition) is 2. The summed E-state index contributed by atoms with van der Waals surface area (Å²) >= 11 is 0. The molecule has 2 heteroatoms. The maximum Gasteiger partial charge on any atom is 0.0468 e. The molecule has 0 aromatic heterocycles. The molecule has 0 unspecified atom stereocenters. The average molecular weight is 1240 g/mol. The van der Waals surface area contributed by atoms with Crippen LogP contribution in [0.1, 0.15) is 94.5 Å². The average Bonchev–Trinajstić information content (AvgIpc) is 1.56. The van der Waals surface area contributed by atoms with Gasteiger partial charge in [0.1, 0.15) is 0 Å². The first kappa shape index (κ1) is 56.9. The standard InChI is InChI=1S/C95H70N2/c1-93(2)87-49-61(29-43-81(87)83-47-41-79(57-89(83)93)96(75-37-33-65-15-5-9-19-69(65)53-75)76-38-34-66-16-6-10-20-70(66)54-76)25-27-63-31-45-85-86-46-32-64(52-92(86)95(91(85)51-63)59-73-23-13-14-24-74(73)60-95)28-26-62-30-44-82-84-48-42-80(58-90(84)94(3,4)88(82)50-62)97(77-39-35-67-17-7-11-21-71(67)55-77)78-40-36-68-18-8-12-22-72(68)56-78/h5-58H,59-60H2,1-4H3/b27-25+,28-26+. The summed E-state index contributed by atoms with van der Waals surface area (Å²) in [6.07, 6.45) is 11.3. The van der Waals surface area contributed by atoms with E-state index in [1.54, 1.807) is 0 Å². The molecular formula is C95H70N2. The van der Waals surface area contributed by atoms with Crippen LogP contribution in [0, 0.1) is 0 Å². The molecule has 0 N–H and O–H groups in total. The molecule has 0 atom stereocenters. The highest BCUT2D eigenvalue weighted by atomic mass is 15.1. The van der Waals surface area contributed by atoms with E-state index in [-0.39, 0.29) is 16.2 Å². The van der Waals surface area contributed by atoms with E-state index in [0.29, 0.717) is 0 Å². The number of nitrogens with zero attached hydrogens (tertiary/aromatic N) is 2. The zero-order chi connectivity index (χ0) is 64.7. The van der Waals surface area contributed by atoms with Crippen LogP contribution in [0.2, 0.25) is 0 Å². The maximum absolute atomic E-state index is 2.51. The smallest absolute Gasteiger partial charge is 0.0468 e. The Morgan fingerprint density at radius 2 is 0.464 bits per heavy atom. The lowest BCUT2D eigenvalue weighted by atomic mass is 9.75. The van der Waals surface area contributed by atoms with Gasteiger partial charge in [-0.3, -0.25) is 0 Å². The maximum atomic E-state index is 2.51. The van der Waals surface area contributed by atoms with E-state index in [9.17, 15) is 0 Å². The van der Waals surface area contributed by atoms with E-state index < -0.39 is 0 Å². The molecule has 0 bridgehead atoms. The lowest BCUT2D eigenvalue weighted by Gasteiger charge is -2.28. The molecule has 0 saturated heterocycles. The Hall–Kier alpha value is -11.6. The Bertz CT molecular complexity index is 5350. The third-order valence-corrected chi connectivity index (χ3v) is 22.3. The van der Waals surface area contributed by atoms with Crippen LogP contribution in [0.3, 0.4) is 0 Å². The predicted octanol–water partition coefficient (Wildman–Crippen LogP) is 25.3. The van der Waals surface area contributed by atoms with Crippen molar-refractivity contribution < 1.29 is 0 Å². The lowest BCUT2D eigenvalue weighted by Crippen LogP contribution is -2.26. The summed E-state index contributed by atoms with van der Waals surface area (Å²) in [7, 11) is 0. The van der Waals surface area contributed by atoms with Gasteiger partial charge in [0.25, 0.3) is 0 Å². The van der Waals surface area contributed by atoms with Crippen molar-refractivity contribution in [1.29, 1.82) is 0 Å². The van der Waals surface area contributed by atoms with Crippen LogP contribution < -0.4 is 9.80 Å². The number of hydrogen-bond donors (Lipinski definition) is 0. The fourth-order valence-corrected chi connectivity index (χ4v) is 17.2. The van der Waals surface area contributed by atoms with E-state index in [1.165, 1.54) is 143 Å². The first-order valence-corrected chi connectivity index (χ1v) is 34.3. The van der Waals surface area contributed by atoms with E-state index in [0.717, 1.165) is 47.0 Å². The van der Waals surface area contributed by atoms with Crippen LogP contribution in [0.15, 0.2) is 303 Å². The zero-order valence-electron chi connectivity index (χ0n) is 55.0. The minimum Gasteiger partial charge on any atom is -0.310 e. The second-order valence-electron chi connectivity index (χ2n) is 28.6. The molecule has 0 aliphatic heterocycles. The number of anilines is 6. The van der Waals surface area contributed by atoms with Crippen LogP contribution in [-0.4, -0.2) is 0 Å². The molecule has 0 saturated carbocycles. The summed E-state index contributed by atoms with van der Waals surface area (Å²) in [5, 5.41) is 9.86. The van der Waals surface area contributed by atoms with Gasteiger partial charge in [-0.05, 0) is 229 Å². The Labute approximate surface area is 568 Å². The van der Waals surface area contributed by atoms with Gasteiger partial charge in [0.15, 0.2) is 0 Å². The van der Waals surface area contributed by atoms with Crippen molar-refractivity contribution in [2.24, 2.45) is 0 Å². The van der Waals surface area contributed by atoms with Crippen molar-refractivity contribution in [2.75, 3.05) is 9.80 Å². The molecule has 460 valence electrons. The molecule has 0 radical (unpaired) electrons. The van der Waals surface area contributed by atoms with E-state index in [2.05, 4.69) is 365 Å². The van der Waals surface area contributed by atoms with Crippen LogP contribution in [0.25, 0.3) is 101 Å². The third-order valence-electron chi connectivity index (χ3n) is 22.3. The summed E-state index contributed by atoms with van der Waals surface area (Å²) in [6.45, 7) is 9.61. The second kappa shape index (κ2) is 21.7.